The van der Waals surface area contributed by atoms with Gasteiger partial charge < -0.3 is 13.8 Å². The number of nitrogens with zero attached hydrogens (tertiary/aromatic N) is 4. The van der Waals surface area contributed by atoms with Crippen LogP contribution in [0, 0.1) is 27.7 Å². The molecule has 2 aliphatic rings. The quantitative estimate of drug-likeness (QED) is 0.579. The Morgan fingerprint density at radius 3 is 2.47 bits per heavy atom. The molecule has 0 amide bonds. The van der Waals surface area contributed by atoms with Crippen molar-refractivity contribution in [3.05, 3.63) is 34.5 Å². The Hall–Kier alpha value is -2.01. The third-order valence-electron chi connectivity index (χ3n) is 6.55. The summed E-state index contributed by atoms with van der Waals surface area (Å²) >= 11 is 0. The molecule has 0 saturated carbocycles. The number of hydrogen-bond acceptors (Lipinski definition) is 7. The van der Waals surface area contributed by atoms with Crippen LogP contribution in [0.4, 0.5) is 0 Å². The maximum atomic E-state index is 13.1. The van der Waals surface area contributed by atoms with E-state index < -0.39 is 10.0 Å². The normalized spacial score (nSPS) is 20.8. The average Bonchev–Trinajstić information content (AvgIpc) is 3.45. The number of Topliss-reactive ketones (excluding diaryl/α,β-unsaturated/α-hetero) is 1. The SMILES string of the molecule is Cc1noc(C)c1S(=O)(=O)N1CCN(CC(=O)c2cc(C)n(C[C@H]3CCCO3)c2C)CC1. The predicted octanol–water partition coefficient (Wildman–Crippen LogP) is 2.08. The molecule has 0 bridgehead atoms. The van der Waals surface area contributed by atoms with E-state index in [0.29, 0.717) is 37.6 Å². The van der Waals surface area contributed by atoms with Gasteiger partial charge in [0.25, 0.3) is 0 Å². The fourth-order valence-corrected chi connectivity index (χ4v) is 6.46. The van der Waals surface area contributed by atoms with Gasteiger partial charge in [0, 0.05) is 56.3 Å². The van der Waals surface area contributed by atoms with Crippen LogP contribution in [0.5, 0.6) is 0 Å². The monoisotopic (exact) mass is 464 g/mol. The molecule has 0 spiro atoms. The van der Waals surface area contributed by atoms with E-state index in [2.05, 4.69) is 9.72 Å². The van der Waals surface area contributed by atoms with Crippen molar-refractivity contribution in [3.8, 4) is 0 Å². The second kappa shape index (κ2) is 9.09. The molecular formula is C22H32N4O5S. The first-order chi connectivity index (χ1) is 15.2. The first-order valence-corrected chi connectivity index (χ1v) is 12.6. The number of aryl methyl sites for hydroxylation is 3. The number of piperazine rings is 1. The van der Waals surface area contributed by atoms with Gasteiger partial charge in [-0.05, 0) is 46.6 Å². The van der Waals surface area contributed by atoms with Crippen LogP contribution in [0.1, 0.15) is 46.0 Å². The number of ketones is 1. The molecule has 0 aromatic carbocycles. The van der Waals surface area contributed by atoms with Crippen LogP contribution in [0.15, 0.2) is 15.5 Å². The lowest BCUT2D eigenvalue weighted by atomic mass is 10.1. The summed E-state index contributed by atoms with van der Waals surface area (Å²) in [5, 5.41) is 3.77. The van der Waals surface area contributed by atoms with Crippen molar-refractivity contribution in [3.63, 3.8) is 0 Å². The third kappa shape index (κ3) is 4.41. The highest BCUT2D eigenvalue weighted by molar-refractivity contribution is 7.89. The van der Waals surface area contributed by atoms with Gasteiger partial charge in [-0.25, -0.2) is 8.42 Å². The molecule has 1 atom stereocenters. The summed E-state index contributed by atoms with van der Waals surface area (Å²) in [6, 6.07) is 1.96. The van der Waals surface area contributed by atoms with Crippen LogP contribution in [-0.2, 0) is 21.3 Å². The maximum Gasteiger partial charge on any atom is 0.248 e. The zero-order chi connectivity index (χ0) is 23.0. The molecule has 4 heterocycles. The zero-order valence-electron chi connectivity index (χ0n) is 19.3. The summed E-state index contributed by atoms with van der Waals surface area (Å²) in [4.78, 5) is 15.2. The summed E-state index contributed by atoms with van der Waals surface area (Å²) in [7, 11) is -3.65. The van der Waals surface area contributed by atoms with Gasteiger partial charge in [-0.2, -0.15) is 4.31 Å². The van der Waals surface area contributed by atoms with Gasteiger partial charge in [-0.1, -0.05) is 5.16 Å². The van der Waals surface area contributed by atoms with Crippen molar-refractivity contribution in [2.45, 2.75) is 58.1 Å². The van der Waals surface area contributed by atoms with Crippen LogP contribution in [0.25, 0.3) is 0 Å². The van der Waals surface area contributed by atoms with E-state index in [-0.39, 0.29) is 23.3 Å². The molecule has 0 N–H and O–H groups in total. The molecule has 0 radical (unpaired) electrons. The molecule has 0 aliphatic carbocycles. The van der Waals surface area contributed by atoms with E-state index in [4.69, 9.17) is 9.26 Å². The topological polar surface area (TPSA) is 97.9 Å². The number of hydrogen-bond donors (Lipinski definition) is 0. The number of carbonyl (C=O) groups is 1. The Morgan fingerprint density at radius 1 is 1.16 bits per heavy atom. The predicted molar refractivity (Wildman–Crippen MR) is 118 cm³/mol. The average molecular weight is 465 g/mol. The van der Waals surface area contributed by atoms with Crippen molar-refractivity contribution in [1.82, 2.24) is 18.9 Å². The molecule has 176 valence electrons. The van der Waals surface area contributed by atoms with Crippen LogP contribution >= 0.6 is 0 Å². The Bertz CT molecular complexity index is 1070. The van der Waals surface area contributed by atoms with Crippen LogP contribution in [0.2, 0.25) is 0 Å². The van der Waals surface area contributed by atoms with Crippen LogP contribution < -0.4 is 0 Å². The Morgan fingerprint density at radius 2 is 1.88 bits per heavy atom. The summed E-state index contributed by atoms with van der Waals surface area (Å²) < 4.78 is 40.4. The minimum absolute atomic E-state index is 0.0683. The molecule has 0 unspecified atom stereocenters. The number of ether oxygens (including phenoxy) is 1. The second-order valence-corrected chi connectivity index (χ2v) is 10.7. The maximum absolute atomic E-state index is 13.1. The van der Waals surface area contributed by atoms with Crippen molar-refractivity contribution >= 4 is 15.8 Å². The molecule has 2 saturated heterocycles. The Kier molecular flexibility index (Phi) is 6.58. The van der Waals surface area contributed by atoms with E-state index in [1.54, 1.807) is 13.8 Å². The number of rotatable bonds is 7. The first kappa shape index (κ1) is 23.2. The number of carbonyl (C=O) groups excluding carboxylic acids is 1. The summed E-state index contributed by atoms with van der Waals surface area (Å²) in [6.07, 6.45) is 2.37. The molecule has 2 aliphatic heterocycles. The fourth-order valence-electron chi connectivity index (χ4n) is 4.74. The van der Waals surface area contributed by atoms with E-state index in [1.807, 2.05) is 24.8 Å². The number of aromatic nitrogens is 2. The lowest BCUT2D eigenvalue weighted by Gasteiger charge is -2.33. The highest BCUT2D eigenvalue weighted by Gasteiger charge is 2.34. The van der Waals surface area contributed by atoms with Gasteiger partial charge >= 0.3 is 0 Å². The van der Waals surface area contributed by atoms with E-state index in [9.17, 15) is 13.2 Å². The molecule has 9 nitrogen and oxygen atoms in total. The van der Waals surface area contributed by atoms with Gasteiger partial charge in [0.1, 0.15) is 10.6 Å². The summed E-state index contributed by atoms with van der Waals surface area (Å²) in [5.74, 6) is 0.372. The van der Waals surface area contributed by atoms with Crippen molar-refractivity contribution in [2.24, 2.45) is 0 Å². The van der Waals surface area contributed by atoms with Gasteiger partial charge in [-0.3, -0.25) is 9.69 Å². The van der Waals surface area contributed by atoms with Gasteiger partial charge in [0.15, 0.2) is 11.5 Å². The molecule has 32 heavy (non-hydrogen) atoms. The largest absolute Gasteiger partial charge is 0.376 e. The first-order valence-electron chi connectivity index (χ1n) is 11.2. The van der Waals surface area contributed by atoms with Gasteiger partial charge in [-0.15, -0.1) is 0 Å². The molecule has 10 heteroatoms. The Labute approximate surface area is 189 Å². The Balaban J connectivity index is 1.38. The summed E-state index contributed by atoms with van der Waals surface area (Å²) in [5.41, 5.74) is 3.16. The van der Waals surface area contributed by atoms with Crippen molar-refractivity contribution in [2.75, 3.05) is 39.3 Å². The highest BCUT2D eigenvalue weighted by Crippen LogP contribution is 2.25. The van der Waals surface area contributed by atoms with Gasteiger partial charge in [0.05, 0.1) is 12.6 Å². The smallest absolute Gasteiger partial charge is 0.248 e. The molecular weight excluding hydrogens is 432 g/mol. The van der Waals surface area contributed by atoms with E-state index >= 15 is 0 Å². The summed E-state index contributed by atoms with van der Waals surface area (Å²) in [6.45, 7) is 10.8. The standard InChI is InChI=1S/C22H32N4O5S/c1-15-12-20(17(3)26(15)13-19-6-5-11-30-19)21(27)14-24-7-9-25(10-8-24)32(28,29)22-16(2)23-31-18(22)4/h12,19H,5-11,13-14H2,1-4H3/t19-/m1/s1. The van der Waals surface area contributed by atoms with Crippen LogP contribution in [-0.4, -0.2) is 78.6 Å². The zero-order valence-corrected chi connectivity index (χ0v) is 20.1. The minimum atomic E-state index is -3.65. The highest BCUT2D eigenvalue weighted by atomic mass is 32.2. The molecule has 2 aromatic rings. The fraction of sp³-hybridized carbons (Fsp3) is 0.636. The third-order valence-corrected chi connectivity index (χ3v) is 8.69. The second-order valence-electron chi connectivity index (χ2n) is 8.79. The molecule has 2 aromatic heterocycles. The molecule has 2 fully saturated rings. The van der Waals surface area contributed by atoms with Crippen molar-refractivity contribution < 1.29 is 22.5 Å². The van der Waals surface area contributed by atoms with E-state index in [0.717, 1.165) is 42.9 Å². The van der Waals surface area contributed by atoms with E-state index in [1.165, 1.54) is 4.31 Å². The molecule has 4 rings (SSSR count). The lowest BCUT2D eigenvalue weighted by Crippen LogP contribution is -2.49. The van der Waals surface area contributed by atoms with Crippen LogP contribution in [0.3, 0.4) is 0 Å². The number of sulfonamides is 1. The van der Waals surface area contributed by atoms with Crippen molar-refractivity contribution in [1.29, 1.82) is 0 Å². The van der Waals surface area contributed by atoms with Gasteiger partial charge in [0.2, 0.25) is 10.0 Å². The minimum Gasteiger partial charge on any atom is -0.376 e. The lowest BCUT2D eigenvalue weighted by molar-refractivity contribution is 0.0896.